The van der Waals surface area contributed by atoms with Crippen molar-refractivity contribution in [3.63, 3.8) is 0 Å². The summed E-state index contributed by atoms with van der Waals surface area (Å²) >= 11 is 0. The van der Waals surface area contributed by atoms with Crippen LogP contribution in [0.3, 0.4) is 0 Å². The summed E-state index contributed by atoms with van der Waals surface area (Å²) < 4.78 is 0. The molecule has 16 heavy (non-hydrogen) atoms. The Morgan fingerprint density at radius 3 is 2.94 bits per heavy atom. The zero-order chi connectivity index (χ0) is 11.1. The van der Waals surface area contributed by atoms with Crippen LogP contribution < -0.4 is 5.73 Å². The number of hydrogen-bond acceptors (Lipinski definition) is 2. The van der Waals surface area contributed by atoms with Crippen LogP contribution in [0.5, 0.6) is 0 Å². The Balaban J connectivity index is 2.30. The third kappa shape index (κ3) is 1.15. The molecule has 1 aromatic rings. The van der Waals surface area contributed by atoms with Crippen molar-refractivity contribution in [1.29, 1.82) is 0 Å². The van der Waals surface area contributed by atoms with Crippen LogP contribution in [-0.2, 0) is 4.79 Å². The summed E-state index contributed by atoms with van der Waals surface area (Å²) in [7, 11) is 0. The highest BCUT2D eigenvalue weighted by molar-refractivity contribution is 6.34. The molecule has 0 saturated heterocycles. The molecule has 2 aliphatic rings. The first-order chi connectivity index (χ1) is 7.77. The number of allylic oxidation sites excluding steroid dienone is 2. The van der Waals surface area contributed by atoms with Gasteiger partial charge < -0.3 is 5.73 Å². The van der Waals surface area contributed by atoms with Crippen molar-refractivity contribution < 1.29 is 4.79 Å². The van der Waals surface area contributed by atoms with Gasteiger partial charge in [-0.05, 0) is 6.07 Å². The standard InChI is InChI=1S/C13H10N2O/c14-13(16)9-5-3-7-11-12(9)8-4-1-2-6-10(8)15-11/h1-6H,7H2,(H2,14,16). The van der Waals surface area contributed by atoms with E-state index in [9.17, 15) is 4.79 Å². The molecule has 3 rings (SSSR count). The molecule has 3 nitrogen and oxygen atoms in total. The summed E-state index contributed by atoms with van der Waals surface area (Å²) in [6.45, 7) is 0. The summed E-state index contributed by atoms with van der Waals surface area (Å²) in [5.74, 6) is -0.393. The average molecular weight is 210 g/mol. The Kier molecular flexibility index (Phi) is 1.80. The van der Waals surface area contributed by atoms with Gasteiger partial charge >= 0.3 is 0 Å². The molecule has 0 unspecified atom stereocenters. The van der Waals surface area contributed by atoms with Crippen molar-refractivity contribution in [3.05, 3.63) is 47.6 Å². The summed E-state index contributed by atoms with van der Waals surface area (Å²) in [6, 6.07) is 7.81. The first-order valence-electron chi connectivity index (χ1n) is 5.15. The topological polar surface area (TPSA) is 55.5 Å². The maximum atomic E-state index is 11.4. The van der Waals surface area contributed by atoms with Gasteiger partial charge in [0.15, 0.2) is 0 Å². The van der Waals surface area contributed by atoms with Crippen LogP contribution >= 0.6 is 0 Å². The second kappa shape index (κ2) is 3.17. The van der Waals surface area contributed by atoms with E-state index in [4.69, 9.17) is 5.73 Å². The summed E-state index contributed by atoms with van der Waals surface area (Å²) in [5, 5.41) is 0. The molecule has 0 fully saturated rings. The molecule has 0 aromatic heterocycles. The van der Waals surface area contributed by atoms with Gasteiger partial charge in [0.05, 0.1) is 11.4 Å². The van der Waals surface area contributed by atoms with Gasteiger partial charge in [-0.2, -0.15) is 0 Å². The van der Waals surface area contributed by atoms with Crippen LogP contribution in [0.4, 0.5) is 5.69 Å². The summed E-state index contributed by atoms with van der Waals surface area (Å²) in [6.07, 6.45) is 4.48. The van der Waals surface area contributed by atoms with E-state index < -0.39 is 5.91 Å². The predicted octanol–water partition coefficient (Wildman–Crippen LogP) is 1.97. The minimum atomic E-state index is -0.393. The Labute approximate surface area is 93.0 Å². The molecule has 0 bridgehead atoms. The number of primary amides is 1. The maximum absolute atomic E-state index is 11.4. The van der Waals surface area contributed by atoms with Crippen LogP contribution in [0, 0.1) is 0 Å². The van der Waals surface area contributed by atoms with Crippen LogP contribution in [-0.4, -0.2) is 11.6 Å². The Hall–Kier alpha value is -2.16. The maximum Gasteiger partial charge on any atom is 0.249 e. The normalized spacial score (nSPS) is 16.9. The molecule has 78 valence electrons. The van der Waals surface area contributed by atoms with E-state index in [2.05, 4.69) is 4.99 Å². The number of nitrogens with two attached hydrogens (primary N) is 1. The van der Waals surface area contributed by atoms with Crippen LogP contribution in [0.15, 0.2) is 47.0 Å². The highest BCUT2D eigenvalue weighted by atomic mass is 16.1. The number of rotatable bonds is 1. The van der Waals surface area contributed by atoms with E-state index in [0.29, 0.717) is 5.57 Å². The third-order valence-electron chi connectivity index (χ3n) is 2.85. The molecule has 0 atom stereocenters. The van der Waals surface area contributed by atoms with Gasteiger partial charge in [-0.25, -0.2) is 0 Å². The van der Waals surface area contributed by atoms with Crippen LogP contribution in [0.1, 0.15) is 12.0 Å². The molecular weight excluding hydrogens is 200 g/mol. The van der Waals surface area contributed by atoms with Gasteiger partial charge in [-0.15, -0.1) is 0 Å². The fraction of sp³-hybridized carbons (Fsp3) is 0.0769. The lowest BCUT2D eigenvalue weighted by Gasteiger charge is -2.11. The summed E-state index contributed by atoms with van der Waals surface area (Å²) in [5.41, 5.74) is 9.73. The number of amides is 1. The largest absolute Gasteiger partial charge is 0.366 e. The van der Waals surface area contributed by atoms with Gasteiger partial charge in [0.1, 0.15) is 0 Å². The van der Waals surface area contributed by atoms with E-state index in [1.807, 2.05) is 30.3 Å². The van der Waals surface area contributed by atoms with Gasteiger partial charge in [0, 0.05) is 23.1 Å². The molecular formula is C13H10N2O. The van der Waals surface area contributed by atoms with Crippen LogP contribution in [0.2, 0.25) is 0 Å². The van der Waals surface area contributed by atoms with Crippen molar-refractivity contribution in [2.24, 2.45) is 10.7 Å². The Morgan fingerprint density at radius 1 is 1.31 bits per heavy atom. The van der Waals surface area contributed by atoms with Gasteiger partial charge in [-0.1, -0.05) is 30.4 Å². The number of fused-ring (bicyclic) bond motifs is 3. The first kappa shape index (κ1) is 9.09. The molecule has 0 radical (unpaired) electrons. The monoisotopic (exact) mass is 210 g/mol. The second-order valence-electron chi connectivity index (χ2n) is 3.84. The molecule has 1 amide bonds. The van der Waals surface area contributed by atoms with Gasteiger partial charge in [0.25, 0.3) is 0 Å². The first-order valence-corrected chi connectivity index (χ1v) is 5.15. The number of carbonyl (C=O) groups excluding carboxylic acids is 1. The smallest absolute Gasteiger partial charge is 0.249 e. The minimum Gasteiger partial charge on any atom is -0.366 e. The predicted molar refractivity (Wildman–Crippen MR) is 63.4 cm³/mol. The van der Waals surface area contributed by atoms with E-state index in [-0.39, 0.29) is 0 Å². The highest BCUT2D eigenvalue weighted by Gasteiger charge is 2.26. The minimum absolute atomic E-state index is 0.393. The molecule has 2 N–H and O–H groups in total. The second-order valence-corrected chi connectivity index (χ2v) is 3.84. The van der Waals surface area contributed by atoms with Crippen molar-refractivity contribution in [2.75, 3.05) is 0 Å². The molecule has 0 saturated carbocycles. The van der Waals surface area contributed by atoms with Crippen molar-refractivity contribution in [3.8, 4) is 0 Å². The van der Waals surface area contributed by atoms with Crippen molar-refractivity contribution >= 4 is 22.9 Å². The number of hydrogen-bond donors (Lipinski definition) is 1. The van der Waals surface area contributed by atoms with E-state index >= 15 is 0 Å². The Morgan fingerprint density at radius 2 is 2.12 bits per heavy atom. The quantitative estimate of drug-likeness (QED) is 0.757. The Bertz CT molecular complexity index is 579. The lowest BCUT2D eigenvalue weighted by atomic mass is 9.91. The molecule has 1 aliphatic carbocycles. The number of para-hydroxylation sites is 1. The number of nitrogens with zero attached hydrogens (tertiary/aromatic N) is 1. The van der Waals surface area contributed by atoms with Gasteiger partial charge in [-0.3, -0.25) is 9.79 Å². The summed E-state index contributed by atoms with van der Waals surface area (Å²) in [4.78, 5) is 15.9. The highest BCUT2D eigenvalue weighted by Crippen LogP contribution is 2.39. The molecule has 1 heterocycles. The fourth-order valence-electron chi connectivity index (χ4n) is 2.16. The molecule has 3 heteroatoms. The number of benzene rings is 1. The molecule has 0 spiro atoms. The zero-order valence-corrected chi connectivity index (χ0v) is 8.60. The van der Waals surface area contributed by atoms with Crippen molar-refractivity contribution in [2.45, 2.75) is 6.42 Å². The fourth-order valence-corrected chi connectivity index (χ4v) is 2.16. The van der Waals surface area contributed by atoms with E-state index in [1.54, 1.807) is 6.08 Å². The van der Waals surface area contributed by atoms with Gasteiger partial charge in [0.2, 0.25) is 5.91 Å². The lowest BCUT2D eigenvalue weighted by molar-refractivity contribution is -0.114. The van der Waals surface area contributed by atoms with Crippen molar-refractivity contribution in [1.82, 2.24) is 0 Å². The number of carbonyl (C=O) groups is 1. The van der Waals surface area contributed by atoms with E-state index in [0.717, 1.165) is 29.0 Å². The average Bonchev–Trinajstić information content (AvgIpc) is 2.66. The number of aliphatic imine (C=N–C) groups is 1. The van der Waals surface area contributed by atoms with Crippen LogP contribution in [0.25, 0.3) is 5.57 Å². The molecule has 1 aliphatic heterocycles. The lowest BCUT2D eigenvalue weighted by Crippen LogP contribution is -2.18. The molecule has 1 aromatic carbocycles. The third-order valence-corrected chi connectivity index (χ3v) is 2.85. The van der Waals surface area contributed by atoms with E-state index in [1.165, 1.54) is 0 Å². The SMILES string of the molecule is NC(=O)C1=C2C(=Nc3ccccc32)CC=C1. The zero-order valence-electron chi connectivity index (χ0n) is 8.60.